The van der Waals surface area contributed by atoms with E-state index in [9.17, 15) is 0 Å². The number of halogens is 2. The summed E-state index contributed by atoms with van der Waals surface area (Å²) in [5, 5.41) is 0. The van der Waals surface area contributed by atoms with Gasteiger partial charge in [0, 0.05) is 0 Å². The van der Waals surface area contributed by atoms with Gasteiger partial charge in [0.05, 0.1) is 0 Å². The molecular formula is C16H33Br2Mg. The van der Waals surface area contributed by atoms with Crippen LogP contribution in [0.1, 0.15) is 96.8 Å². The first-order chi connectivity index (χ1) is 9.33. The Balaban J connectivity index is 0. The van der Waals surface area contributed by atoms with Gasteiger partial charge >= 0.3 is 16.0 Å². The van der Waals surface area contributed by atoms with Gasteiger partial charge in [-0.3, -0.25) is 25.8 Å². The zero-order valence-corrected chi connectivity index (χ0v) is 17.7. The van der Waals surface area contributed by atoms with Gasteiger partial charge in [0.25, 0.3) is 0 Å². The quantitative estimate of drug-likeness (QED) is 0.217. The van der Waals surface area contributed by atoms with E-state index in [4.69, 9.17) is 0 Å². The second kappa shape index (κ2) is 24.7. The largest absolute Gasteiger partial charge is 0.560 e. The van der Waals surface area contributed by atoms with Gasteiger partial charge in [0.2, 0.25) is 0 Å². The Labute approximate surface area is 144 Å². The van der Waals surface area contributed by atoms with E-state index in [0.29, 0.717) is 0 Å². The maximum Gasteiger partial charge on any atom is 0.560 e. The van der Waals surface area contributed by atoms with Gasteiger partial charge < -0.3 is 0 Å². The maximum absolute atomic E-state index is 3.87. The fourth-order valence-electron chi connectivity index (χ4n) is 2.19. The third kappa shape index (κ3) is 28.6. The second-order valence-corrected chi connectivity index (χ2v) is 13.3. The van der Waals surface area contributed by atoms with E-state index in [1.807, 2.05) is 0 Å². The number of hydrogen-bond donors (Lipinski definition) is 0. The molecule has 0 aromatic heterocycles. The van der Waals surface area contributed by atoms with Crippen LogP contribution in [-0.2, 0) is 0 Å². The molecule has 0 heterocycles. The number of hydrogen-bond acceptors (Lipinski definition) is 0. The Bertz CT molecular complexity index is 118. The molecule has 0 nitrogen and oxygen atoms in total. The Morgan fingerprint density at radius 2 is 0.895 bits per heavy atom. The Morgan fingerprint density at radius 1 is 0.632 bits per heavy atom. The predicted molar refractivity (Wildman–Crippen MR) is 99.3 cm³/mol. The summed E-state index contributed by atoms with van der Waals surface area (Å²) in [6, 6.07) is 0. The summed E-state index contributed by atoms with van der Waals surface area (Å²) >= 11 is 6.44. The lowest BCUT2D eigenvalue weighted by Crippen LogP contribution is -1.82. The average molecular weight is 410 g/mol. The van der Waals surface area contributed by atoms with Crippen LogP contribution in [0.5, 0.6) is 0 Å². The zero-order chi connectivity index (χ0) is 14.6. The van der Waals surface area contributed by atoms with Gasteiger partial charge in [-0.2, -0.15) is 0 Å². The summed E-state index contributed by atoms with van der Waals surface area (Å²) in [5.41, 5.74) is 0. The molecule has 0 unspecified atom stereocenters. The number of unbranched alkanes of at least 4 members (excludes halogenated alkanes) is 13. The van der Waals surface area contributed by atoms with E-state index in [0.717, 1.165) is 6.42 Å². The SMILES string of the molecule is [Br][Mg][Br].[CH2]CCCCCCCCCCCCCCC. The first-order valence-corrected chi connectivity index (χ1v) is 16.0. The van der Waals surface area contributed by atoms with Crippen LogP contribution in [0.4, 0.5) is 0 Å². The lowest BCUT2D eigenvalue weighted by Gasteiger charge is -2.02. The van der Waals surface area contributed by atoms with Crippen molar-refractivity contribution in [3.8, 4) is 0 Å². The smallest absolute Gasteiger partial charge is 0.280 e. The van der Waals surface area contributed by atoms with Gasteiger partial charge in [-0.05, 0) is 0 Å². The van der Waals surface area contributed by atoms with Gasteiger partial charge in [0.15, 0.2) is 0 Å². The van der Waals surface area contributed by atoms with Crippen molar-refractivity contribution in [2.45, 2.75) is 96.8 Å². The molecule has 113 valence electrons. The summed E-state index contributed by atoms with van der Waals surface area (Å²) in [4.78, 5) is 0. The highest BCUT2D eigenvalue weighted by atomic mass is 79.9. The monoisotopic (exact) mass is 407 g/mol. The molecule has 3 heteroatoms. The predicted octanol–water partition coefficient (Wildman–Crippen LogP) is 7.61. The summed E-state index contributed by atoms with van der Waals surface area (Å²) in [7, 11) is 0. The van der Waals surface area contributed by atoms with Crippen molar-refractivity contribution in [2.75, 3.05) is 0 Å². The van der Waals surface area contributed by atoms with Crippen LogP contribution < -0.4 is 0 Å². The van der Waals surface area contributed by atoms with Crippen LogP contribution in [0.25, 0.3) is 0 Å². The Hall–Kier alpha value is 1.73. The summed E-state index contributed by atoms with van der Waals surface area (Å²) in [5.74, 6) is 0. The molecule has 0 spiro atoms. The minimum Gasteiger partial charge on any atom is -0.280 e. The van der Waals surface area contributed by atoms with E-state index in [2.05, 4.69) is 39.6 Å². The van der Waals surface area contributed by atoms with Crippen molar-refractivity contribution in [2.24, 2.45) is 0 Å². The van der Waals surface area contributed by atoms with Crippen LogP contribution in [0.2, 0.25) is 0 Å². The minimum absolute atomic E-state index is 0.0417. The Kier molecular flexibility index (Phi) is 29.9. The molecule has 0 aliphatic heterocycles. The van der Waals surface area contributed by atoms with Gasteiger partial charge in [-0.25, -0.2) is 0 Å². The van der Waals surface area contributed by atoms with E-state index in [1.54, 1.807) is 0 Å². The first kappa shape index (κ1) is 23.0. The van der Waals surface area contributed by atoms with E-state index < -0.39 is 0 Å². The highest BCUT2D eigenvalue weighted by Gasteiger charge is 1.92. The van der Waals surface area contributed by atoms with Crippen molar-refractivity contribution >= 4 is 41.8 Å². The second-order valence-electron chi connectivity index (χ2n) is 5.20. The molecule has 0 aromatic rings. The summed E-state index contributed by atoms with van der Waals surface area (Å²) < 4.78 is 0. The van der Waals surface area contributed by atoms with Crippen LogP contribution in [0.15, 0.2) is 0 Å². The third-order valence-electron chi connectivity index (χ3n) is 3.35. The van der Waals surface area contributed by atoms with Crippen molar-refractivity contribution in [1.82, 2.24) is 0 Å². The Morgan fingerprint density at radius 3 is 1.16 bits per heavy atom. The average Bonchev–Trinajstić information content (AvgIpc) is 2.41. The van der Waals surface area contributed by atoms with Crippen molar-refractivity contribution in [1.29, 1.82) is 0 Å². The van der Waals surface area contributed by atoms with Gasteiger partial charge in [0.1, 0.15) is 0 Å². The highest BCUT2D eigenvalue weighted by molar-refractivity contribution is 9.47. The van der Waals surface area contributed by atoms with Crippen molar-refractivity contribution < 1.29 is 0 Å². The standard InChI is InChI=1S/C16H33.2BrH.Mg/c1-3-5-7-9-11-13-15-16-14-12-10-8-6-4-2;;;/h1,3-16H2,2H3;2*1H;/q;;;+2/p-2. The number of rotatable bonds is 13. The normalized spacial score (nSPS) is 9.68. The van der Waals surface area contributed by atoms with Crippen molar-refractivity contribution in [3.05, 3.63) is 6.92 Å². The summed E-state index contributed by atoms with van der Waals surface area (Å²) in [6.07, 6.45) is 19.8. The third-order valence-corrected chi connectivity index (χ3v) is 3.35. The zero-order valence-electron chi connectivity index (χ0n) is 13.1. The van der Waals surface area contributed by atoms with Gasteiger partial charge in [-0.15, -0.1) is 0 Å². The van der Waals surface area contributed by atoms with Crippen LogP contribution in [0, 0.1) is 6.92 Å². The van der Waals surface area contributed by atoms with Crippen LogP contribution in [-0.4, -0.2) is 16.0 Å². The molecule has 0 N–H and O–H groups in total. The molecule has 0 atom stereocenters. The molecule has 0 rings (SSSR count). The van der Waals surface area contributed by atoms with Gasteiger partial charge in [-0.1, -0.05) is 104 Å². The molecule has 0 saturated carbocycles. The molecular weight excluding hydrogens is 376 g/mol. The van der Waals surface area contributed by atoms with E-state index >= 15 is 0 Å². The first-order valence-electron chi connectivity index (χ1n) is 8.24. The van der Waals surface area contributed by atoms with E-state index in [1.165, 1.54) is 83.5 Å². The highest BCUT2D eigenvalue weighted by Crippen LogP contribution is 2.12. The minimum atomic E-state index is 0.0417. The molecule has 0 saturated heterocycles. The maximum atomic E-state index is 3.87. The molecule has 0 fully saturated rings. The fraction of sp³-hybridized carbons (Fsp3) is 0.938. The molecule has 1 radical (unpaired) electrons. The topological polar surface area (TPSA) is 0 Å². The molecule has 0 aliphatic rings. The molecule has 0 aliphatic carbocycles. The van der Waals surface area contributed by atoms with Crippen molar-refractivity contribution in [3.63, 3.8) is 0 Å². The molecule has 0 bridgehead atoms. The van der Waals surface area contributed by atoms with Crippen LogP contribution >= 0.6 is 25.8 Å². The lowest BCUT2D eigenvalue weighted by molar-refractivity contribution is 0.540. The molecule has 0 aromatic carbocycles. The van der Waals surface area contributed by atoms with Crippen LogP contribution in [0.3, 0.4) is 0 Å². The van der Waals surface area contributed by atoms with E-state index in [-0.39, 0.29) is 16.0 Å². The molecule has 0 amide bonds. The fourth-order valence-corrected chi connectivity index (χ4v) is 2.19. The molecule has 19 heavy (non-hydrogen) atoms. The lowest BCUT2D eigenvalue weighted by atomic mass is 10.0. The summed E-state index contributed by atoms with van der Waals surface area (Å²) in [6.45, 7) is 6.16.